The SMILES string of the molecule is Cc1onc(C(=O)Nc2ccc(F)cc2F)c1Cn1cc(Cl)cn1. The number of aromatic nitrogens is 3. The van der Waals surface area contributed by atoms with Crippen molar-refractivity contribution in [3.8, 4) is 0 Å². The molecule has 9 heteroatoms. The normalized spacial score (nSPS) is 10.8. The first kappa shape index (κ1) is 16.1. The van der Waals surface area contributed by atoms with E-state index < -0.39 is 17.5 Å². The largest absolute Gasteiger partial charge is 0.361 e. The number of nitrogens with zero attached hydrogens (tertiary/aromatic N) is 3. The molecule has 0 saturated heterocycles. The van der Waals surface area contributed by atoms with Gasteiger partial charge in [0, 0.05) is 17.8 Å². The summed E-state index contributed by atoms with van der Waals surface area (Å²) in [4.78, 5) is 12.3. The lowest BCUT2D eigenvalue weighted by Crippen LogP contribution is -2.16. The lowest BCUT2D eigenvalue weighted by Gasteiger charge is -2.06. The monoisotopic (exact) mass is 352 g/mol. The first-order valence-electron chi connectivity index (χ1n) is 6.83. The Morgan fingerprint density at radius 1 is 1.42 bits per heavy atom. The van der Waals surface area contributed by atoms with Crippen LogP contribution in [0.5, 0.6) is 0 Å². The second-order valence-corrected chi connectivity index (χ2v) is 5.44. The van der Waals surface area contributed by atoms with Crippen LogP contribution in [0.3, 0.4) is 0 Å². The Labute approximate surface area is 140 Å². The van der Waals surface area contributed by atoms with Crippen molar-refractivity contribution in [3.63, 3.8) is 0 Å². The Hall–Kier alpha value is -2.74. The minimum Gasteiger partial charge on any atom is -0.361 e. The number of benzene rings is 1. The van der Waals surface area contributed by atoms with E-state index in [0.717, 1.165) is 12.1 Å². The second-order valence-electron chi connectivity index (χ2n) is 5.00. The average molecular weight is 353 g/mol. The molecule has 2 aromatic heterocycles. The standard InChI is InChI=1S/C15H11ClF2N4O2/c1-8-11(7-22-6-9(16)5-19-22)14(21-24-8)15(23)20-13-3-2-10(17)4-12(13)18/h2-6H,7H2,1H3,(H,20,23). The summed E-state index contributed by atoms with van der Waals surface area (Å²) in [5.41, 5.74) is 0.313. The molecule has 1 N–H and O–H groups in total. The van der Waals surface area contributed by atoms with E-state index in [1.165, 1.54) is 10.9 Å². The van der Waals surface area contributed by atoms with Gasteiger partial charge in [-0.25, -0.2) is 8.78 Å². The number of hydrogen-bond acceptors (Lipinski definition) is 4. The Bertz CT molecular complexity index is 907. The smallest absolute Gasteiger partial charge is 0.278 e. The summed E-state index contributed by atoms with van der Waals surface area (Å²) in [5, 5.41) is 10.5. The van der Waals surface area contributed by atoms with Gasteiger partial charge >= 0.3 is 0 Å². The maximum atomic E-state index is 13.7. The molecule has 0 unspecified atom stereocenters. The van der Waals surface area contributed by atoms with Crippen LogP contribution >= 0.6 is 11.6 Å². The average Bonchev–Trinajstić information content (AvgIpc) is 3.09. The summed E-state index contributed by atoms with van der Waals surface area (Å²) in [6, 6.07) is 2.85. The van der Waals surface area contributed by atoms with E-state index in [-0.39, 0.29) is 17.9 Å². The third kappa shape index (κ3) is 3.28. The molecular weight excluding hydrogens is 342 g/mol. The van der Waals surface area contributed by atoms with E-state index >= 15 is 0 Å². The number of nitrogens with one attached hydrogen (secondary N) is 1. The highest BCUT2D eigenvalue weighted by Crippen LogP contribution is 2.20. The molecule has 3 aromatic rings. The molecule has 0 aliphatic carbocycles. The topological polar surface area (TPSA) is 73.0 Å². The van der Waals surface area contributed by atoms with Crippen molar-refractivity contribution in [2.75, 3.05) is 5.32 Å². The fourth-order valence-corrected chi connectivity index (χ4v) is 2.27. The fourth-order valence-electron chi connectivity index (χ4n) is 2.11. The molecule has 0 bridgehead atoms. The Morgan fingerprint density at radius 2 is 2.21 bits per heavy atom. The van der Waals surface area contributed by atoms with Crippen LogP contribution in [-0.2, 0) is 6.54 Å². The molecule has 6 nitrogen and oxygen atoms in total. The van der Waals surface area contributed by atoms with Crippen molar-refractivity contribution in [3.05, 3.63) is 64.3 Å². The van der Waals surface area contributed by atoms with Crippen LogP contribution in [-0.4, -0.2) is 20.8 Å². The van der Waals surface area contributed by atoms with Crippen LogP contribution in [0.25, 0.3) is 0 Å². The zero-order chi connectivity index (χ0) is 17.3. The van der Waals surface area contributed by atoms with Crippen LogP contribution < -0.4 is 5.32 Å². The highest BCUT2D eigenvalue weighted by atomic mass is 35.5. The second kappa shape index (κ2) is 6.40. The first-order chi connectivity index (χ1) is 11.4. The predicted octanol–water partition coefficient (Wildman–Crippen LogP) is 3.41. The Morgan fingerprint density at radius 3 is 2.88 bits per heavy atom. The van der Waals surface area contributed by atoms with Gasteiger partial charge in [-0.15, -0.1) is 0 Å². The van der Waals surface area contributed by atoms with Crippen LogP contribution in [0, 0.1) is 18.6 Å². The molecule has 0 aliphatic rings. The summed E-state index contributed by atoms with van der Waals surface area (Å²) >= 11 is 5.81. The predicted molar refractivity (Wildman–Crippen MR) is 81.9 cm³/mol. The van der Waals surface area contributed by atoms with E-state index in [1.807, 2.05) is 0 Å². The minimum atomic E-state index is -0.885. The molecule has 24 heavy (non-hydrogen) atoms. The first-order valence-corrected chi connectivity index (χ1v) is 7.21. The van der Waals surface area contributed by atoms with Crippen LogP contribution in [0.2, 0.25) is 5.02 Å². The van der Waals surface area contributed by atoms with Crippen LogP contribution in [0.4, 0.5) is 14.5 Å². The molecule has 0 fully saturated rings. The Balaban J connectivity index is 1.85. The lowest BCUT2D eigenvalue weighted by molar-refractivity contribution is 0.101. The molecular formula is C15H11ClF2N4O2. The molecule has 0 aliphatic heterocycles. The van der Waals surface area contributed by atoms with Crippen molar-refractivity contribution in [2.45, 2.75) is 13.5 Å². The number of anilines is 1. The number of hydrogen-bond donors (Lipinski definition) is 1. The molecule has 124 valence electrons. The van der Waals surface area contributed by atoms with Crippen LogP contribution in [0.1, 0.15) is 21.8 Å². The third-order valence-corrected chi connectivity index (χ3v) is 3.50. The van der Waals surface area contributed by atoms with Gasteiger partial charge in [-0.3, -0.25) is 9.48 Å². The van der Waals surface area contributed by atoms with Crippen molar-refractivity contribution in [1.82, 2.24) is 14.9 Å². The molecule has 2 heterocycles. The number of halogens is 3. The fraction of sp³-hybridized carbons (Fsp3) is 0.133. The molecule has 0 atom stereocenters. The third-order valence-electron chi connectivity index (χ3n) is 3.30. The van der Waals surface area contributed by atoms with Gasteiger partial charge in [0.1, 0.15) is 17.4 Å². The lowest BCUT2D eigenvalue weighted by atomic mass is 10.1. The van der Waals surface area contributed by atoms with E-state index in [0.29, 0.717) is 22.4 Å². The van der Waals surface area contributed by atoms with Gasteiger partial charge in [-0.2, -0.15) is 5.10 Å². The molecule has 0 radical (unpaired) electrons. The molecule has 3 rings (SSSR count). The number of carbonyl (C=O) groups excluding carboxylic acids is 1. The van der Waals surface area contributed by atoms with Gasteiger partial charge in [0.25, 0.3) is 5.91 Å². The van der Waals surface area contributed by atoms with Crippen LogP contribution in [0.15, 0.2) is 35.1 Å². The van der Waals surface area contributed by atoms with Gasteiger partial charge in [0.15, 0.2) is 5.69 Å². The maximum Gasteiger partial charge on any atom is 0.278 e. The quantitative estimate of drug-likeness (QED) is 0.781. The number of rotatable bonds is 4. The van der Waals surface area contributed by atoms with Gasteiger partial charge < -0.3 is 9.84 Å². The summed E-state index contributed by atoms with van der Waals surface area (Å²) in [6.07, 6.45) is 3.04. The van der Waals surface area contributed by atoms with Gasteiger partial charge in [-0.05, 0) is 19.1 Å². The number of carbonyl (C=O) groups is 1. The van der Waals surface area contributed by atoms with Gasteiger partial charge in [-0.1, -0.05) is 16.8 Å². The van der Waals surface area contributed by atoms with E-state index in [4.69, 9.17) is 16.1 Å². The van der Waals surface area contributed by atoms with Crippen molar-refractivity contribution < 1.29 is 18.1 Å². The molecule has 1 amide bonds. The van der Waals surface area contributed by atoms with Crippen molar-refractivity contribution in [2.24, 2.45) is 0 Å². The Kier molecular flexibility index (Phi) is 4.30. The summed E-state index contributed by atoms with van der Waals surface area (Å²) in [7, 11) is 0. The van der Waals surface area contributed by atoms with Gasteiger partial charge in [0.05, 0.1) is 23.5 Å². The number of aryl methyl sites for hydroxylation is 1. The maximum absolute atomic E-state index is 13.7. The van der Waals surface area contributed by atoms with E-state index in [1.54, 1.807) is 13.1 Å². The molecule has 0 spiro atoms. The minimum absolute atomic E-state index is 0.0113. The zero-order valence-corrected chi connectivity index (χ0v) is 13.1. The highest BCUT2D eigenvalue weighted by molar-refractivity contribution is 6.30. The summed E-state index contributed by atoms with van der Waals surface area (Å²) < 4.78 is 33.1. The molecule has 1 aromatic carbocycles. The summed E-state index contributed by atoms with van der Waals surface area (Å²) in [5.74, 6) is -1.88. The summed E-state index contributed by atoms with van der Waals surface area (Å²) in [6.45, 7) is 1.85. The zero-order valence-electron chi connectivity index (χ0n) is 12.4. The van der Waals surface area contributed by atoms with E-state index in [9.17, 15) is 13.6 Å². The van der Waals surface area contributed by atoms with Crippen molar-refractivity contribution in [1.29, 1.82) is 0 Å². The van der Waals surface area contributed by atoms with Crippen molar-refractivity contribution >= 4 is 23.2 Å². The van der Waals surface area contributed by atoms with E-state index in [2.05, 4.69) is 15.6 Å². The van der Waals surface area contributed by atoms with Gasteiger partial charge in [0.2, 0.25) is 0 Å². The molecule has 0 saturated carbocycles. The number of amides is 1. The highest BCUT2D eigenvalue weighted by Gasteiger charge is 2.21.